The van der Waals surface area contributed by atoms with Crippen LogP contribution < -0.4 is 10.6 Å². The Morgan fingerprint density at radius 1 is 1.50 bits per heavy atom. The number of hydrogen-bond acceptors (Lipinski definition) is 4. The highest BCUT2D eigenvalue weighted by Gasteiger charge is 2.14. The second kappa shape index (κ2) is 4.82. The predicted molar refractivity (Wildman–Crippen MR) is 51.3 cm³/mol. The van der Waals surface area contributed by atoms with Crippen LogP contribution in [0.25, 0.3) is 0 Å². The number of halogens is 1. The van der Waals surface area contributed by atoms with Crippen molar-refractivity contribution in [1.82, 2.24) is 5.32 Å². The molecule has 0 saturated heterocycles. The van der Waals surface area contributed by atoms with Gasteiger partial charge in [-0.3, -0.25) is 20.2 Å². The molecular formula is C8H6FN3O4. The number of carbonyl (C=O) groups excluding carboxylic acids is 2. The first-order chi connectivity index (χ1) is 7.54. The van der Waals surface area contributed by atoms with E-state index in [9.17, 15) is 24.1 Å². The van der Waals surface area contributed by atoms with E-state index in [-0.39, 0.29) is 12.1 Å². The summed E-state index contributed by atoms with van der Waals surface area (Å²) in [7, 11) is 0. The number of rotatable bonds is 3. The van der Waals surface area contributed by atoms with E-state index >= 15 is 0 Å². The summed E-state index contributed by atoms with van der Waals surface area (Å²) in [6, 6.07) is 1.96. The van der Waals surface area contributed by atoms with Crippen molar-refractivity contribution >= 4 is 23.8 Å². The van der Waals surface area contributed by atoms with Crippen LogP contribution in [-0.4, -0.2) is 17.4 Å². The zero-order valence-electron chi connectivity index (χ0n) is 7.77. The molecule has 0 atom stereocenters. The number of imide groups is 1. The maximum atomic E-state index is 12.9. The number of anilines is 1. The number of carbonyl (C=O) groups is 2. The van der Waals surface area contributed by atoms with E-state index < -0.39 is 22.5 Å². The molecule has 3 amide bonds. The zero-order chi connectivity index (χ0) is 12.1. The fourth-order valence-corrected chi connectivity index (χ4v) is 0.951. The summed E-state index contributed by atoms with van der Waals surface area (Å²) in [5.41, 5.74) is -0.753. The van der Waals surface area contributed by atoms with Crippen LogP contribution in [0.2, 0.25) is 0 Å². The van der Waals surface area contributed by atoms with Gasteiger partial charge in [-0.1, -0.05) is 0 Å². The van der Waals surface area contributed by atoms with E-state index in [1.807, 2.05) is 0 Å². The lowest BCUT2D eigenvalue weighted by Crippen LogP contribution is -2.27. The van der Waals surface area contributed by atoms with Crippen LogP contribution >= 0.6 is 0 Å². The highest BCUT2D eigenvalue weighted by Crippen LogP contribution is 2.21. The third kappa shape index (κ3) is 2.74. The Hall–Kier alpha value is -2.51. The Balaban J connectivity index is 2.90. The molecule has 0 fully saturated rings. The van der Waals surface area contributed by atoms with Gasteiger partial charge in [0, 0.05) is 11.8 Å². The molecule has 0 aliphatic carbocycles. The third-order valence-electron chi connectivity index (χ3n) is 1.59. The van der Waals surface area contributed by atoms with Crippen molar-refractivity contribution in [3.63, 3.8) is 0 Å². The summed E-state index contributed by atoms with van der Waals surface area (Å²) in [4.78, 5) is 30.2. The van der Waals surface area contributed by atoms with Crippen LogP contribution in [0.4, 0.5) is 20.6 Å². The van der Waals surface area contributed by atoms with Crippen molar-refractivity contribution in [2.24, 2.45) is 0 Å². The average molecular weight is 227 g/mol. The molecule has 0 radical (unpaired) electrons. The largest absolute Gasteiger partial charge is 0.325 e. The summed E-state index contributed by atoms with van der Waals surface area (Å²) >= 11 is 0. The van der Waals surface area contributed by atoms with Crippen molar-refractivity contribution in [2.45, 2.75) is 0 Å². The Labute approximate surface area is 88.4 Å². The number of nitro benzene ring substituents is 1. The number of hydrogen-bond donors (Lipinski definition) is 2. The number of nitrogens with zero attached hydrogens (tertiary/aromatic N) is 1. The number of nitrogens with one attached hydrogen (secondary N) is 2. The van der Waals surface area contributed by atoms with E-state index in [4.69, 9.17) is 0 Å². The predicted octanol–water partition coefficient (Wildman–Crippen LogP) is 1.01. The maximum absolute atomic E-state index is 12.9. The SMILES string of the molecule is O=CNC(=O)Nc1ccc(F)c([N+](=O)[O-])c1. The lowest BCUT2D eigenvalue weighted by Gasteiger charge is -2.03. The van der Waals surface area contributed by atoms with Gasteiger partial charge in [0.2, 0.25) is 12.2 Å². The molecule has 1 aromatic carbocycles. The molecule has 0 aliphatic rings. The van der Waals surface area contributed by atoms with Gasteiger partial charge >= 0.3 is 11.7 Å². The van der Waals surface area contributed by atoms with Crippen molar-refractivity contribution in [2.75, 3.05) is 5.32 Å². The Morgan fingerprint density at radius 3 is 2.75 bits per heavy atom. The van der Waals surface area contributed by atoms with Crippen LogP contribution in [0, 0.1) is 15.9 Å². The van der Waals surface area contributed by atoms with Crippen LogP contribution in [0.1, 0.15) is 0 Å². The fraction of sp³-hybridized carbons (Fsp3) is 0. The van der Waals surface area contributed by atoms with Crippen molar-refractivity contribution in [3.8, 4) is 0 Å². The summed E-state index contributed by atoms with van der Waals surface area (Å²) < 4.78 is 12.9. The molecule has 8 heteroatoms. The third-order valence-corrected chi connectivity index (χ3v) is 1.59. The summed E-state index contributed by atoms with van der Waals surface area (Å²) in [5.74, 6) is -1.01. The van der Waals surface area contributed by atoms with Gasteiger partial charge in [0.1, 0.15) is 0 Å². The quantitative estimate of drug-likeness (QED) is 0.457. The molecule has 0 bridgehead atoms. The lowest BCUT2D eigenvalue weighted by atomic mass is 10.2. The summed E-state index contributed by atoms with van der Waals surface area (Å²) in [5, 5.41) is 14.2. The van der Waals surface area contributed by atoms with Gasteiger partial charge in [-0.2, -0.15) is 4.39 Å². The lowest BCUT2D eigenvalue weighted by molar-refractivity contribution is -0.387. The molecule has 0 saturated carbocycles. The maximum Gasteiger partial charge on any atom is 0.325 e. The Morgan fingerprint density at radius 2 is 2.19 bits per heavy atom. The van der Waals surface area contributed by atoms with Gasteiger partial charge in [0.15, 0.2) is 0 Å². The topological polar surface area (TPSA) is 101 Å². The molecule has 0 spiro atoms. The fourth-order valence-electron chi connectivity index (χ4n) is 0.951. The van der Waals surface area contributed by atoms with Gasteiger partial charge in [-0.15, -0.1) is 0 Å². The molecule has 0 aromatic heterocycles. The van der Waals surface area contributed by atoms with Crippen molar-refractivity contribution < 1.29 is 18.9 Å². The van der Waals surface area contributed by atoms with E-state index in [1.165, 1.54) is 0 Å². The van der Waals surface area contributed by atoms with E-state index in [2.05, 4.69) is 5.32 Å². The van der Waals surface area contributed by atoms with Crippen molar-refractivity contribution in [3.05, 3.63) is 34.1 Å². The molecule has 16 heavy (non-hydrogen) atoms. The van der Waals surface area contributed by atoms with Crippen LogP contribution in [0.3, 0.4) is 0 Å². The van der Waals surface area contributed by atoms with Crippen LogP contribution in [0.15, 0.2) is 18.2 Å². The van der Waals surface area contributed by atoms with Gasteiger partial charge < -0.3 is 5.32 Å². The smallest absolute Gasteiger partial charge is 0.307 e. The molecule has 0 heterocycles. The molecule has 1 rings (SSSR count). The van der Waals surface area contributed by atoms with Gasteiger partial charge in [0.25, 0.3) is 0 Å². The number of nitro groups is 1. The summed E-state index contributed by atoms with van der Waals surface area (Å²) in [6.45, 7) is 0. The van der Waals surface area contributed by atoms with Crippen molar-refractivity contribution in [1.29, 1.82) is 0 Å². The van der Waals surface area contributed by atoms with E-state index in [1.54, 1.807) is 5.32 Å². The molecule has 1 aromatic rings. The Kier molecular flexibility index (Phi) is 3.49. The molecular weight excluding hydrogens is 221 g/mol. The number of urea groups is 1. The van der Waals surface area contributed by atoms with Gasteiger partial charge in [-0.25, -0.2) is 4.79 Å². The zero-order valence-corrected chi connectivity index (χ0v) is 7.77. The monoisotopic (exact) mass is 227 g/mol. The molecule has 2 N–H and O–H groups in total. The molecule has 84 valence electrons. The van der Waals surface area contributed by atoms with E-state index in [0.29, 0.717) is 0 Å². The number of amides is 3. The second-order valence-corrected chi connectivity index (χ2v) is 2.64. The average Bonchev–Trinajstić information content (AvgIpc) is 2.21. The van der Waals surface area contributed by atoms with Gasteiger partial charge in [-0.05, 0) is 12.1 Å². The first-order valence-corrected chi connectivity index (χ1v) is 3.99. The normalized spacial score (nSPS) is 9.31. The highest BCUT2D eigenvalue weighted by atomic mass is 19.1. The number of benzene rings is 1. The minimum absolute atomic E-state index is 0.00690. The molecule has 0 unspecified atom stereocenters. The second-order valence-electron chi connectivity index (χ2n) is 2.64. The minimum atomic E-state index is -1.01. The molecule has 0 aliphatic heterocycles. The van der Waals surface area contributed by atoms with Crippen LogP contribution in [0.5, 0.6) is 0 Å². The first-order valence-electron chi connectivity index (χ1n) is 3.99. The highest BCUT2D eigenvalue weighted by molar-refractivity contribution is 5.95. The minimum Gasteiger partial charge on any atom is -0.307 e. The summed E-state index contributed by atoms with van der Waals surface area (Å²) in [6.07, 6.45) is 0.146. The first kappa shape index (κ1) is 11.6. The van der Waals surface area contributed by atoms with Gasteiger partial charge in [0.05, 0.1) is 4.92 Å². The van der Waals surface area contributed by atoms with Crippen LogP contribution in [-0.2, 0) is 4.79 Å². The molecule has 7 nitrogen and oxygen atoms in total. The van der Waals surface area contributed by atoms with E-state index in [0.717, 1.165) is 18.2 Å². The Bertz CT molecular complexity index is 449. The standard InChI is InChI=1S/C8H6FN3O4/c9-6-2-1-5(3-7(6)12(15)16)11-8(14)10-4-13/h1-4H,(H2,10,11,13,14).